The van der Waals surface area contributed by atoms with Crippen molar-refractivity contribution in [2.45, 2.75) is 25.0 Å². The minimum atomic E-state index is -0.492. The third kappa shape index (κ3) is 6.08. The molecule has 0 bridgehead atoms. The Hall–Kier alpha value is -3.44. The number of carbonyl (C=O) groups excluding carboxylic acids is 2. The molecule has 0 fully saturated rings. The number of nitrogens with zero attached hydrogens (tertiary/aromatic N) is 4. The number of nitrogens with one attached hydrogen (secondary N) is 2. The predicted molar refractivity (Wildman–Crippen MR) is 126 cm³/mol. The number of halogens is 1. The van der Waals surface area contributed by atoms with Crippen LogP contribution in [-0.2, 0) is 11.8 Å². The molecule has 12 heteroatoms. The smallest absolute Gasteiger partial charge is 0.274 e. The second-order valence-corrected chi connectivity index (χ2v) is 8.58. The molecule has 0 saturated heterocycles. The van der Waals surface area contributed by atoms with Crippen molar-refractivity contribution in [2.24, 2.45) is 7.05 Å². The maximum atomic E-state index is 12.4. The van der Waals surface area contributed by atoms with Crippen molar-refractivity contribution in [2.75, 3.05) is 11.1 Å². The van der Waals surface area contributed by atoms with Gasteiger partial charge in [-0.05, 0) is 44.2 Å². The van der Waals surface area contributed by atoms with E-state index in [2.05, 4.69) is 20.8 Å². The standard InChI is InChI=1S/C21H21ClN6O4S/c1-12-4-9-16(10-17(12)28(31)32)24-18(29)11-33-21-26-25-19(27(21)3)13(2)23-20(30)14-5-7-15(22)8-6-14/h4-10,13H,11H2,1-3H3,(H,23,30)(H,24,29)/t13-/m1/s1. The summed E-state index contributed by atoms with van der Waals surface area (Å²) in [5.74, 6) is -0.0665. The van der Waals surface area contributed by atoms with Gasteiger partial charge in [-0.1, -0.05) is 29.4 Å². The highest BCUT2D eigenvalue weighted by atomic mass is 35.5. The highest BCUT2D eigenvalue weighted by Crippen LogP contribution is 2.23. The number of thioether (sulfide) groups is 1. The van der Waals surface area contributed by atoms with E-state index in [9.17, 15) is 19.7 Å². The molecule has 0 saturated carbocycles. The van der Waals surface area contributed by atoms with Crippen LogP contribution in [-0.4, -0.2) is 37.3 Å². The molecule has 3 rings (SSSR count). The van der Waals surface area contributed by atoms with Crippen LogP contribution in [0.15, 0.2) is 47.6 Å². The second kappa shape index (κ2) is 10.5. The van der Waals surface area contributed by atoms with E-state index < -0.39 is 11.0 Å². The quantitative estimate of drug-likeness (QED) is 0.279. The Labute approximate surface area is 198 Å². The summed E-state index contributed by atoms with van der Waals surface area (Å²) in [5, 5.41) is 25.8. The summed E-state index contributed by atoms with van der Waals surface area (Å²) in [6.45, 7) is 3.41. The Kier molecular flexibility index (Phi) is 7.67. The Bertz CT molecular complexity index is 1200. The fraction of sp³-hybridized carbons (Fsp3) is 0.238. The zero-order chi connectivity index (χ0) is 24.1. The fourth-order valence-corrected chi connectivity index (χ4v) is 3.83. The number of anilines is 1. The van der Waals surface area contributed by atoms with E-state index in [1.54, 1.807) is 61.9 Å². The van der Waals surface area contributed by atoms with E-state index in [-0.39, 0.29) is 23.3 Å². The van der Waals surface area contributed by atoms with Gasteiger partial charge in [-0.2, -0.15) is 0 Å². The minimum absolute atomic E-state index is 0.0269. The van der Waals surface area contributed by atoms with Crippen LogP contribution in [0.5, 0.6) is 0 Å². The van der Waals surface area contributed by atoms with Gasteiger partial charge in [0.15, 0.2) is 11.0 Å². The van der Waals surface area contributed by atoms with E-state index in [0.717, 1.165) is 11.8 Å². The van der Waals surface area contributed by atoms with Gasteiger partial charge in [0.05, 0.1) is 16.7 Å². The number of hydrogen-bond acceptors (Lipinski definition) is 7. The summed E-state index contributed by atoms with van der Waals surface area (Å²) in [4.78, 5) is 35.3. The van der Waals surface area contributed by atoms with Crippen LogP contribution >= 0.6 is 23.4 Å². The highest BCUT2D eigenvalue weighted by Gasteiger charge is 2.19. The van der Waals surface area contributed by atoms with Crippen molar-refractivity contribution in [3.63, 3.8) is 0 Å². The molecule has 0 radical (unpaired) electrons. The van der Waals surface area contributed by atoms with Crippen LogP contribution in [0, 0.1) is 17.0 Å². The lowest BCUT2D eigenvalue weighted by atomic mass is 10.2. The first-order chi connectivity index (χ1) is 15.7. The van der Waals surface area contributed by atoms with Crippen molar-refractivity contribution in [3.05, 3.63) is 74.6 Å². The molecule has 172 valence electrons. The van der Waals surface area contributed by atoms with E-state index in [4.69, 9.17) is 11.6 Å². The van der Waals surface area contributed by atoms with Gasteiger partial charge in [0.2, 0.25) is 5.91 Å². The van der Waals surface area contributed by atoms with Gasteiger partial charge in [0.25, 0.3) is 11.6 Å². The first-order valence-electron chi connectivity index (χ1n) is 9.79. The largest absolute Gasteiger partial charge is 0.342 e. The van der Waals surface area contributed by atoms with E-state index >= 15 is 0 Å². The average Bonchev–Trinajstić information content (AvgIpc) is 3.14. The number of hydrogen-bond donors (Lipinski definition) is 2. The molecular formula is C21H21ClN6O4S. The Morgan fingerprint density at radius 1 is 1.21 bits per heavy atom. The third-order valence-corrected chi connectivity index (χ3v) is 6.00. The summed E-state index contributed by atoms with van der Waals surface area (Å²) >= 11 is 7.01. The SMILES string of the molecule is Cc1ccc(NC(=O)CSc2nnc([C@@H](C)NC(=O)c3ccc(Cl)cc3)n2C)cc1[N+](=O)[O-]. The zero-order valence-corrected chi connectivity index (χ0v) is 19.6. The predicted octanol–water partition coefficient (Wildman–Crippen LogP) is 3.91. The fourth-order valence-electron chi connectivity index (χ4n) is 2.99. The summed E-state index contributed by atoms with van der Waals surface area (Å²) in [7, 11) is 1.74. The van der Waals surface area contributed by atoms with Crippen molar-refractivity contribution in [1.29, 1.82) is 0 Å². The minimum Gasteiger partial charge on any atom is -0.342 e. The van der Waals surface area contributed by atoms with E-state index in [0.29, 0.717) is 32.8 Å². The van der Waals surface area contributed by atoms with Gasteiger partial charge in [0.1, 0.15) is 0 Å². The topological polar surface area (TPSA) is 132 Å². The van der Waals surface area contributed by atoms with Gasteiger partial charge >= 0.3 is 0 Å². The number of amides is 2. The van der Waals surface area contributed by atoms with Gasteiger partial charge < -0.3 is 15.2 Å². The van der Waals surface area contributed by atoms with Crippen LogP contribution < -0.4 is 10.6 Å². The zero-order valence-electron chi connectivity index (χ0n) is 18.0. The molecule has 2 aromatic carbocycles. The van der Waals surface area contributed by atoms with Crippen LogP contribution in [0.25, 0.3) is 0 Å². The first kappa shape index (κ1) is 24.2. The summed E-state index contributed by atoms with van der Waals surface area (Å²) in [5.41, 5.74) is 1.26. The van der Waals surface area contributed by atoms with Crippen LogP contribution in [0.4, 0.5) is 11.4 Å². The summed E-state index contributed by atoms with van der Waals surface area (Å²) in [6, 6.07) is 10.6. The molecule has 10 nitrogen and oxygen atoms in total. The van der Waals surface area contributed by atoms with Gasteiger partial charge in [0, 0.05) is 35.0 Å². The monoisotopic (exact) mass is 488 g/mol. The Balaban J connectivity index is 1.58. The molecule has 0 spiro atoms. The van der Waals surface area contributed by atoms with Crippen LogP contribution in [0.2, 0.25) is 5.02 Å². The maximum Gasteiger partial charge on any atom is 0.274 e. The maximum absolute atomic E-state index is 12.4. The molecule has 1 atom stereocenters. The summed E-state index contributed by atoms with van der Waals surface area (Å²) in [6.07, 6.45) is 0. The number of rotatable bonds is 8. The second-order valence-electron chi connectivity index (χ2n) is 7.20. The van der Waals surface area contributed by atoms with Crippen molar-refractivity contribution in [1.82, 2.24) is 20.1 Å². The third-order valence-electron chi connectivity index (χ3n) is 4.73. The van der Waals surface area contributed by atoms with Gasteiger partial charge in [-0.3, -0.25) is 19.7 Å². The number of nitro benzene ring substituents is 1. The summed E-state index contributed by atoms with van der Waals surface area (Å²) < 4.78 is 1.70. The van der Waals surface area contributed by atoms with Crippen LogP contribution in [0.3, 0.4) is 0 Å². The first-order valence-corrected chi connectivity index (χ1v) is 11.2. The molecule has 33 heavy (non-hydrogen) atoms. The average molecular weight is 489 g/mol. The van der Waals surface area contributed by atoms with Gasteiger partial charge in [-0.15, -0.1) is 10.2 Å². The molecule has 2 amide bonds. The Morgan fingerprint density at radius 2 is 1.91 bits per heavy atom. The Morgan fingerprint density at radius 3 is 2.58 bits per heavy atom. The number of aryl methyl sites for hydroxylation is 1. The normalized spacial score (nSPS) is 11.6. The molecule has 0 aliphatic heterocycles. The van der Waals surface area contributed by atoms with E-state index in [1.165, 1.54) is 6.07 Å². The number of carbonyl (C=O) groups is 2. The molecule has 3 aromatic rings. The number of nitro groups is 1. The highest BCUT2D eigenvalue weighted by molar-refractivity contribution is 7.99. The van der Waals surface area contributed by atoms with Gasteiger partial charge in [-0.25, -0.2) is 0 Å². The lowest BCUT2D eigenvalue weighted by Gasteiger charge is -2.13. The molecule has 2 N–H and O–H groups in total. The molecule has 0 aliphatic carbocycles. The van der Waals surface area contributed by atoms with Crippen molar-refractivity contribution >= 4 is 46.6 Å². The molecular weight excluding hydrogens is 468 g/mol. The molecule has 1 heterocycles. The lowest BCUT2D eigenvalue weighted by molar-refractivity contribution is -0.385. The molecule has 0 unspecified atom stereocenters. The number of benzene rings is 2. The molecule has 1 aromatic heterocycles. The van der Waals surface area contributed by atoms with E-state index in [1.807, 2.05) is 0 Å². The molecule has 0 aliphatic rings. The van der Waals surface area contributed by atoms with Crippen molar-refractivity contribution < 1.29 is 14.5 Å². The van der Waals surface area contributed by atoms with Crippen LogP contribution in [0.1, 0.15) is 34.7 Å². The number of aromatic nitrogens is 3. The lowest BCUT2D eigenvalue weighted by Crippen LogP contribution is -2.28. The van der Waals surface area contributed by atoms with Crippen molar-refractivity contribution in [3.8, 4) is 0 Å².